The molecule has 4 heteroatoms. The Morgan fingerprint density at radius 1 is 1.08 bits per heavy atom. The topological polar surface area (TPSA) is 69.1 Å². The van der Waals surface area contributed by atoms with Gasteiger partial charge >= 0.3 is 0 Å². The van der Waals surface area contributed by atoms with Crippen LogP contribution in [0, 0.1) is 0 Å². The van der Waals surface area contributed by atoms with Gasteiger partial charge in [-0.05, 0) is 24.8 Å². The maximum Gasteiger partial charge on any atom is 0.226 e. The zero-order chi connectivity index (χ0) is 16.5. The summed E-state index contributed by atoms with van der Waals surface area (Å²) in [6.45, 7) is 0. The molecule has 2 N–H and O–H groups in total. The average molecular weight is 318 g/mol. The van der Waals surface area contributed by atoms with Crippen LogP contribution in [-0.4, -0.2) is 10.9 Å². The lowest BCUT2D eigenvalue weighted by atomic mass is 9.79. The van der Waals surface area contributed by atoms with Crippen LogP contribution in [-0.2, 0) is 6.42 Å². The molecule has 1 atom stereocenters. The van der Waals surface area contributed by atoms with Gasteiger partial charge < -0.3 is 10.3 Å². The molecular formula is C20H18N2O2. The molecule has 1 aliphatic carbocycles. The maximum absolute atomic E-state index is 13.0. The van der Waals surface area contributed by atoms with Crippen molar-refractivity contribution in [2.24, 2.45) is 0 Å². The van der Waals surface area contributed by atoms with Gasteiger partial charge in [-0.25, -0.2) is 0 Å². The lowest BCUT2D eigenvalue weighted by Gasteiger charge is -2.23. The van der Waals surface area contributed by atoms with Crippen molar-refractivity contribution in [3.63, 3.8) is 0 Å². The zero-order valence-corrected chi connectivity index (χ0v) is 13.2. The van der Waals surface area contributed by atoms with E-state index in [1.807, 2.05) is 54.6 Å². The number of rotatable bonds is 3. The van der Waals surface area contributed by atoms with Crippen LogP contribution in [0.15, 0.2) is 59.1 Å². The Morgan fingerprint density at radius 2 is 1.83 bits per heavy atom. The molecule has 0 fully saturated rings. The minimum atomic E-state index is 0.0355. The number of anilines is 1. The Hall–Kier alpha value is -2.88. The molecule has 1 unspecified atom stereocenters. The van der Waals surface area contributed by atoms with Crippen molar-refractivity contribution in [3.05, 3.63) is 82.5 Å². The fourth-order valence-electron chi connectivity index (χ4n) is 3.58. The van der Waals surface area contributed by atoms with E-state index in [0.29, 0.717) is 11.4 Å². The van der Waals surface area contributed by atoms with Crippen LogP contribution in [0.2, 0.25) is 0 Å². The van der Waals surface area contributed by atoms with Gasteiger partial charge in [0.05, 0.1) is 5.69 Å². The lowest BCUT2D eigenvalue weighted by molar-refractivity contribution is 0.103. The quantitative estimate of drug-likeness (QED) is 0.742. The van der Waals surface area contributed by atoms with E-state index in [0.717, 1.165) is 41.6 Å². The van der Waals surface area contributed by atoms with Crippen molar-refractivity contribution in [2.45, 2.75) is 25.2 Å². The third-order valence-electron chi connectivity index (χ3n) is 4.70. The molecule has 1 heterocycles. The number of carbonyl (C=O) groups is 1. The van der Waals surface area contributed by atoms with Crippen molar-refractivity contribution < 1.29 is 9.32 Å². The molecule has 3 aromatic rings. The van der Waals surface area contributed by atoms with E-state index in [-0.39, 0.29) is 11.7 Å². The molecule has 0 amide bonds. The van der Waals surface area contributed by atoms with Gasteiger partial charge in [-0.15, -0.1) is 0 Å². The highest BCUT2D eigenvalue weighted by molar-refractivity contribution is 6.10. The number of hydrogen-bond acceptors (Lipinski definition) is 4. The van der Waals surface area contributed by atoms with E-state index >= 15 is 0 Å². The summed E-state index contributed by atoms with van der Waals surface area (Å²) in [7, 11) is 0. The van der Waals surface area contributed by atoms with Crippen LogP contribution >= 0.6 is 0 Å². The van der Waals surface area contributed by atoms with E-state index in [1.54, 1.807) is 0 Å². The highest BCUT2D eigenvalue weighted by Crippen LogP contribution is 2.41. The summed E-state index contributed by atoms with van der Waals surface area (Å²) >= 11 is 0. The summed E-state index contributed by atoms with van der Waals surface area (Å²) in [5, 5.41) is 4.08. The van der Waals surface area contributed by atoms with Gasteiger partial charge in [0, 0.05) is 22.6 Å². The summed E-state index contributed by atoms with van der Waals surface area (Å²) in [4.78, 5) is 13.0. The van der Waals surface area contributed by atoms with Crippen molar-refractivity contribution in [1.82, 2.24) is 5.16 Å². The lowest BCUT2D eigenvalue weighted by Crippen LogP contribution is -2.15. The molecule has 2 aromatic carbocycles. The number of ketones is 1. The van der Waals surface area contributed by atoms with Crippen LogP contribution < -0.4 is 5.73 Å². The Balaban J connectivity index is 1.81. The number of nitrogens with two attached hydrogens (primary N) is 1. The number of hydrogen-bond donors (Lipinski definition) is 1. The largest absolute Gasteiger partial charge is 0.367 e. The van der Waals surface area contributed by atoms with Crippen molar-refractivity contribution in [2.75, 3.05) is 5.73 Å². The molecule has 0 aliphatic heterocycles. The van der Waals surface area contributed by atoms with Crippen LogP contribution in [0.25, 0.3) is 0 Å². The Labute approximate surface area is 140 Å². The van der Waals surface area contributed by atoms with Gasteiger partial charge in [-0.2, -0.15) is 0 Å². The zero-order valence-electron chi connectivity index (χ0n) is 13.2. The molecule has 0 radical (unpaired) electrons. The van der Waals surface area contributed by atoms with Gasteiger partial charge in [0.1, 0.15) is 0 Å². The summed E-state index contributed by atoms with van der Waals surface area (Å²) in [5.74, 6) is 0.467. The smallest absolute Gasteiger partial charge is 0.226 e. The first-order valence-electron chi connectivity index (χ1n) is 8.18. The van der Waals surface area contributed by atoms with Crippen LogP contribution in [0.1, 0.15) is 51.5 Å². The molecule has 4 nitrogen and oxygen atoms in total. The Morgan fingerprint density at radius 3 is 2.67 bits per heavy atom. The molecule has 0 saturated heterocycles. The molecule has 1 aliphatic rings. The number of nitrogens with zero attached hydrogens (tertiary/aromatic N) is 1. The second-order valence-electron chi connectivity index (χ2n) is 6.13. The van der Waals surface area contributed by atoms with Gasteiger partial charge in [-0.3, -0.25) is 4.79 Å². The predicted octanol–water partition coefficient (Wildman–Crippen LogP) is 3.96. The van der Waals surface area contributed by atoms with Crippen molar-refractivity contribution in [3.8, 4) is 0 Å². The van der Waals surface area contributed by atoms with E-state index < -0.39 is 0 Å². The van der Waals surface area contributed by atoms with Gasteiger partial charge in [0.2, 0.25) is 5.88 Å². The molecule has 0 saturated carbocycles. The Kier molecular flexibility index (Phi) is 3.65. The highest BCUT2D eigenvalue weighted by atomic mass is 16.5. The normalized spacial score (nSPS) is 16.6. The third kappa shape index (κ3) is 2.40. The summed E-state index contributed by atoms with van der Waals surface area (Å²) in [6.07, 6.45) is 2.83. The van der Waals surface area contributed by atoms with Crippen molar-refractivity contribution >= 4 is 11.7 Å². The summed E-state index contributed by atoms with van der Waals surface area (Å²) < 4.78 is 5.20. The fourth-order valence-corrected chi connectivity index (χ4v) is 3.58. The van der Waals surface area contributed by atoms with Crippen LogP contribution in [0.5, 0.6) is 0 Å². The van der Waals surface area contributed by atoms with E-state index in [2.05, 4.69) is 5.16 Å². The number of nitrogen functional groups attached to an aromatic ring is 1. The first-order chi connectivity index (χ1) is 11.8. The second kappa shape index (κ2) is 5.96. The fraction of sp³-hybridized carbons (Fsp3) is 0.200. The van der Waals surface area contributed by atoms with Gasteiger partial charge in [0.15, 0.2) is 5.78 Å². The Bertz CT molecular complexity index is 884. The third-order valence-corrected chi connectivity index (χ3v) is 4.70. The monoisotopic (exact) mass is 318 g/mol. The average Bonchev–Trinajstić information content (AvgIpc) is 3.03. The van der Waals surface area contributed by atoms with Crippen LogP contribution in [0.3, 0.4) is 0 Å². The summed E-state index contributed by atoms with van der Waals surface area (Å²) in [6, 6.07) is 17.1. The summed E-state index contributed by atoms with van der Waals surface area (Å²) in [5.41, 5.74) is 10.3. The van der Waals surface area contributed by atoms with Gasteiger partial charge in [-0.1, -0.05) is 59.8 Å². The van der Waals surface area contributed by atoms with Gasteiger partial charge in [0.25, 0.3) is 0 Å². The molecule has 1 aromatic heterocycles. The van der Waals surface area contributed by atoms with Crippen LogP contribution in [0.4, 0.5) is 5.88 Å². The molecule has 4 rings (SSSR count). The molecule has 120 valence electrons. The van der Waals surface area contributed by atoms with E-state index in [9.17, 15) is 4.79 Å². The first-order valence-corrected chi connectivity index (χ1v) is 8.18. The predicted molar refractivity (Wildman–Crippen MR) is 92.0 cm³/mol. The number of aryl methyl sites for hydroxylation is 1. The minimum absolute atomic E-state index is 0.0355. The molecule has 0 spiro atoms. The number of fused-ring (bicyclic) bond motifs is 1. The minimum Gasteiger partial charge on any atom is -0.367 e. The molecule has 24 heavy (non-hydrogen) atoms. The molecular weight excluding hydrogens is 300 g/mol. The second-order valence-corrected chi connectivity index (χ2v) is 6.13. The van der Waals surface area contributed by atoms with E-state index in [4.69, 9.17) is 10.3 Å². The highest BCUT2D eigenvalue weighted by Gasteiger charge is 2.30. The number of aromatic nitrogens is 1. The first kappa shape index (κ1) is 14.7. The maximum atomic E-state index is 13.0. The number of benzene rings is 2. The number of carbonyl (C=O) groups excluding carboxylic acids is 1. The van der Waals surface area contributed by atoms with Crippen molar-refractivity contribution in [1.29, 1.82) is 0 Å². The molecule has 0 bridgehead atoms. The SMILES string of the molecule is Nc1onc2c1C(c1ccccc1C(=O)c1ccccc1)CCC2. The van der Waals surface area contributed by atoms with E-state index in [1.165, 1.54) is 0 Å². The standard InChI is InChI=1S/C20H18N2O2/c21-20-18-15(11-6-12-17(18)22-24-20)14-9-4-5-10-16(14)19(23)13-7-2-1-3-8-13/h1-5,7-10,15H,6,11-12,21H2.